The van der Waals surface area contributed by atoms with Gasteiger partial charge in [0.2, 0.25) is 0 Å². The summed E-state index contributed by atoms with van der Waals surface area (Å²) >= 11 is 0. The number of ether oxygens (including phenoxy) is 1. The minimum atomic E-state index is -0.753. The number of carbonyl (C=O) groups excluding carboxylic acids is 1. The largest absolute Gasteiger partial charge is 0.444 e. The molecule has 4 heteroatoms. The van der Waals surface area contributed by atoms with Gasteiger partial charge in [-0.1, -0.05) is 12.8 Å². The van der Waals surface area contributed by atoms with Crippen LogP contribution < -0.4 is 5.32 Å². The number of rotatable bonds is 2. The van der Waals surface area contributed by atoms with E-state index in [0.29, 0.717) is 0 Å². The molecular weight excluding hydrogens is 206 g/mol. The van der Waals surface area contributed by atoms with E-state index in [1.54, 1.807) is 0 Å². The summed E-state index contributed by atoms with van der Waals surface area (Å²) in [7, 11) is 0. The van der Waals surface area contributed by atoms with E-state index in [9.17, 15) is 9.90 Å². The fraction of sp³-hybridized carbons (Fsp3) is 0.917. The van der Waals surface area contributed by atoms with Crippen molar-refractivity contribution in [2.45, 2.75) is 70.6 Å². The van der Waals surface area contributed by atoms with E-state index < -0.39 is 17.3 Å². The summed E-state index contributed by atoms with van der Waals surface area (Å²) in [5.74, 6) is 0. The van der Waals surface area contributed by atoms with Crippen molar-refractivity contribution in [2.24, 2.45) is 0 Å². The van der Waals surface area contributed by atoms with Gasteiger partial charge in [0, 0.05) is 0 Å². The smallest absolute Gasteiger partial charge is 0.407 e. The Morgan fingerprint density at radius 2 is 1.88 bits per heavy atom. The average Bonchev–Trinajstić information content (AvgIpc) is 2.49. The molecule has 4 nitrogen and oxygen atoms in total. The fourth-order valence-electron chi connectivity index (χ4n) is 2.04. The van der Waals surface area contributed by atoms with Crippen LogP contribution in [0.4, 0.5) is 4.79 Å². The van der Waals surface area contributed by atoms with Gasteiger partial charge in [-0.15, -0.1) is 0 Å². The van der Waals surface area contributed by atoms with Crippen molar-refractivity contribution in [3.63, 3.8) is 0 Å². The maximum Gasteiger partial charge on any atom is 0.407 e. The first-order valence-electron chi connectivity index (χ1n) is 5.95. The van der Waals surface area contributed by atoms with E-state index in [-0.39, 0.29) is 6.04 Å². The van der Waals surface area contributed by atoms with Crippen molar-refractivity contribution < 1.29 is 14.6 Å². The van der Waals surface area contributed by atoms with Gasteiger partial charge in [0.1, 0.15) is 5.60 Å². The molecule has 94 valence electrons. The monoisotopic (exact) mass is 229 g/mol. The lowest BCUT2D eigenvalue weighted by molar-refractivity contribution is 0.00264. The van der Waals surface area contributed by atoms with Crippen molar-refractivity contribution in [1.82, 2.24) is 5.32 Å². The Hall–Kier alpha value is -0.770. The summed E-state index contributed by atoms with van der Waals surface area (Å²) in [6.45, 7) is 7.29. The summed E-state index contributed by atoms with van der Waals surface area (Å²) in [5, 5.41) is 12.9. The van der Waals surface area contributed by atoms with Crippen LogP contribution in [0.15, 0.2) is 0 Å². The van der Waals surface area contributed by atoms with Crippen molar-refractivity contribution in [3.8, 4) is 0 Å². The molecule has 0 aromatic heterocycles. The summed E-state index contributed by atoms with van der Waals surface area (Å²) in [6.07, 6.45) is 3.10. The van der Waals surface area contributed by atoms with Crippen LogP contribution in [-0.4, -0.2) is 28.4 Å². The molecule has 0 bridgehead atoms. The molecule has 0 heterocycles. The molecule has 1 aliphatic rings. The Balaban J connectivity index is 2.45. The highest BCUT2D eigenvalue weighted by atomic mass is 16.6. The molecule has 16 heavy (non-hydrogen) atoms. The Bertz CT molecular complexity index is 251. The highest BCUT2D eigenvalue weighted by Crippen LogP contribution is 2.32. The number of amides is 1. The first kappa shape index (κ1) is 13.3. The molecule has 0 spiro atoms. The lowest BCUT2D eigenvalue weighted by atomic mass is 9.94. The molecule has 2 N–H and O–H groups in total. The highest BCUT2D eigenvalue weighted by Gasteiger charge is 2.38. The lowest BCUT2D eigenvalue weighted by Gasteiger charge is -2.31. The summed E-state index contributed by atoms with van der Waals surface area (Å²) in [5.41, 5.74) is -1.25. The zero-order chi connectivity index (χ0) is 12.4. The molecule has 0 saturated heterocycles. The normalized spacial score (nSPS) is 21.6. The molecule has 1 saturated carbocycles. The first-order chi connectivity index (χ1) is 7.23. The van der Waals surface area contributed by atoms with Crippen molar-refractivity contribution in [1.29, 1.82) is 0 Å². The second-order valence-electron chi connectivity index (χ2n) is 5.68. The van der Waals surface area contributed by atoms with Gasteiger partial charge in [0.05, 0.1) is 11.6 Å². The highest BCUT2D eigenvalue weighted by molar-refractivity contribution is 5.68. The SMILES string of the molecule is C[C@@H](NC(=O)OC(C)(C)C)C1(O)CCCC1. The molecule has 1 atom stereocenters. The molecule has 0 radical (unpaired) electrons. The van der Waals surface area contributed by atoms with E-state index in [0.717, 1.165) is 25.7 Å². The number of alkyl carbamates (subject to hydrolysis) is 1. The predicted molar refractivity (Wildman–Crippen MR) is 62.2 cm³/mol. The number of hydrogen-bond acceptors (Lipinski definition) is 3. The number of aliphatic hydroxyl groups is 1. The van der Waals surface area contributed by atoms with Crippen LogP contribution in [0.1, 0.15) is 53.4 Å². The van der Waals surface area contributed by atoms with Crippen LogP contribution in [0.5, 0.6) is 0 Å². The van der Waals surface area contributed by atoms with Crippen LogP contribution in [0.3, 0.4) is 0 Å². The number of nitrogens with one attached hydrogen (secondary N) is 1. The van der Waals surface area contributed by atoms with Crippen molar-refractivity contribution >= 4 is 6.09 Å². The third-order valence-electron chi connectivity index (χ3n) is 3.01. The Morgan fingerprint density at radius 3 is 2.31 bits per heavy atom. The molecule has 0 aliphatic heterocycles. The second-order valence-corrected chi connectivity index (χ2v) is 5.68. The maximum absolute atomic E-state index is 11.5. The van der Waals surface area contributed by atoms with Crippen LogP contribution >= 0.6 is 0 Å². The molecule has 1 aliphatic carbocycles. The minimum Gasteiger partial charge on any atom is -0.444 e. The Labute approximate surface area is 97.4 Å². The Morgan fingerprint density at radius 1 is 1.38 bits per heavy atom. The zero-order valence-corrected chi connectivity index (χ0v) is 10.7. The molecule has 1 amide bonds. The predicted octanol–water partition coefficient (Wildman–Crippen LogP) is 2.20. The average molecular weight is 229 g/mol. The van der Waals surface area contributed by atoms with Crippen LogP contribution in [-0.2, 0) is 4.74 Å². The summed E-state index contributed by atoms with van der Waals surface area (Å²) in [6, 6.07) is -0.259. The van der Waals surface area contributed by atoms with Crippen LogP contribution in [0, 0.1) is 0 Å². The number of hydrogen-bond donors (Lipinski definition) is 2. The second kappa shape index (κ2) is 4.62. The van der Waals surface area contributed by atoms with Crippen LogP contribution in [0.25, 0.3) is 0 Å². The van der Waals surface area contributed by atoms with E-state index in [1.807, 2.05) is 27.7 Å². The van der Waals surface area contributed by atoms with Gasteiger partial charge >= 0.3 is 6.09 Å². The van der Waals surface area contributed by atoms with E-state index in [1.165, 1.54) is 0 Å². The maximum atomic E-state index is 11.5. The molecule has 1 rings (SSSR count). The standard InChI is InChI=1S/C12H23NO3/c1-9(12(15)7-5-6-8-12)13-10(14)16-11(2,3)4/h9,15H,5-8H2,1-4H3,(H,13,14)/t9-/m1/s1. The topological polar surface area (TPSA) is 58.6 Å². The van der Waals surface area contributed by atoms with Gasteiger partial charge < -0.3 is 15.2 Å². The first-order valence-corrected chi connectivity index (χ1v) is 5.95. The molecular formula is C12H23NO3. The summed E-state index contributed by atoms with van der Waals surface area (Å²) < 4.78 is 5.15. The Kier molecular flexibility index (Phi) is 3.84. The molecule has 0 aromatic rings. The third-order valence-corrected chi connectivity index (χ3v) is 3.01. The molecule has 0 unspecified atom stereocenters. The van der Waals surface area contributed by atoms with Gasteiger partial charge in [-0.2, -0.15) is 0 Å². The van der Waals surface area contributed by atoms with Gasteiger partial charge in [-0.25, -0.2) is 4.79 Å². The van der Waals surface area contributed by atoms with Crippen molar-refractivity contribution in [2.75, 3.05) is 0 Å². The van der Waals surface area contributed by atoms with Gasteiger partial charge in [-0.05, 0) is 40.5 Å². The van der Waals surface area contributed by atoms with Gasteiger partial charge in [0.15, 0.2) is 0 Å². The van der Waals surface area contributed by atoms with Gasteiger partial charge in [-0.3, -0.25) is 0 Å². The van der Waals surface area contributed by atoms with Crippen LogP contribution in [0.2, 0.25) is 0 Å². The van der Waals surface area contributed by atoms with E-state index in [4.69, 9.17) is 4.74 Å². The van der Waals surface area contributed by atoms with E-state index in [2.05, 4.69) is 5.32 Å². The minimum absolute atomic E-state index is 0.259. The number of carbonyl (C=O) groups is 1. The molecule has 1 fully saturated rings. The lowest BCUT2D eigenvalue weighted by Crippen LogP contribution is -2.50. The third kappa shape index (κ3) is 3.67. The van der Waals surface area contributed by atoms with E-state index >= 15 is 0 Å². The van der Waals surface area contributed by atoms with Crippen molar-refractivity contribution in [3.05, 3.63) is 0 Å². The fourth-order valence-corrected chi connectivity index (χ4v) is 2.04. The zero-order valence-electron chi connectivity index (χ0n) is 10.7. The van der Waals surface area contributed by atoms with Gasteiger partial charge in [0.25, 0.3) is 0 Å². The molecule has 0 aromatic carbocycles. The summed E-state index contributed by atoms with van der Waals surface area (Å²) in [4.78, 5) is 11.5. The quantitative estimate of drug-likeness (QED) is 0.763.